The lowest BCUT2D eigenvalue weighted by Crippen LogP contribution is -2.05. The Labute approximate surface area is 149 Å². The molecule has 1 aromatic heterocycles. The third-order valence-corrected chi connectivity index (χ3v) is 3.58. The fourth-order valence-corrected chi connectivity index (χ4v) is 2.30. The number of aryl methyl sites for hydroxylation is 1. The molecule has 0 spiro atoms. The van der Waals surface area contributed by atoms with Crippen LogP contribution in [0, 0.1) is 6.92 Å². The van der Waals surface area contributed by atoms with Crippen LogP contribution in [0.4, 0.5) is 0 Å². The van der Waals surface area contributed by atoms with E-state index >= 15 is 0 Å². The molecular weight excluding hydrogens is 302 g/mol. The zero-order valence-electron chi connectivity index (χ0n) is 14.7. The molecule has 1 heterocycles. The average molecular weight is 325 g/mol. The zero-order valence-corrected chi connectivity index (χ0v) is 14.7. The van der Waals surface area contributed by atoms with Crippen LogP contribution in [0.2, 0.25) is 0 Å². The molecule has 0 fully saturated rings. The molecule has 0 aliphatic heterocycles. The van der Waals surface area contributed by atoms with E-state index in [1.54, 1.807) is 6.20 Å². The molecule has 2 aromatic rings. The molecule has 25 heavy (non-hydrogen) atoms. The maximum Gasteiger partial charge on any atom is 0.0768 e. The van der Waals surface area contributed by atoms with Gasteiger partial charge in [0, 0.05) is 11.8 Å². The largest absolute Gasteiger partial charge is 0.256 e. The number of aromatic nitrogens is 1. The number of hydrogen-bond acceptors (Lipinski definition) is 1. The Bertz CT molecular complexity index is 1080. The summed E-state index contributed by atoms with van der Waals surface area (Å²) in [7, 11) is 0. The van der Waals surface area contributed by atoms with E-state index in [1.165, 1.54) is 0 Å². The fourth-order valence-electron chi connectivity index (χ4n) is 2.30. The van der Waals surface area contributed by atoms with Gasteiger partial charge in [-0.25, -0.2) is 0 Å². The molecule has 0 N–H and O–H groups in total. The van der Waals surface area contributed by atoms with Gasteiger partial charge >= 0.3 is 0 Å². The van der Waals surface area contributed by atoms with E-state index < -0.39 is 0 Å². The van der Waals surface area contributed by atoms with Crippen molar-refractivity contribution in [3.63, 3.8) is 0 Å². The van der Waals surface area contributed by atoms with Crippen LogP contribution >= 0.6 is 0 Å². The molecule has 0 unspecified atom stereocenters. The molecule has 0 saturated carbocycles. The number of hydrogen-bond donors (Lipinski definition) is 0. The SMILES string of the molecule is C=c1ccccc(=C)c(-c2ccc(=C)ccc(C)cc(=C)c2)ncc1. The second-order valence-electron chi connectivity index (χ2n) is 5.92. The summed E-state index contributed by atoms with van der Waals surface area (Å²) in [6.45, 7) is 18.3. The highest BCUT2D eigenvalue weighted by molar-refractivity contribution is 5.58. The van der Waals surface area contributed by atoms with Gasteiger partial charge in [-0.2, -0.15) is 0 Å². The minimum absolute atomic E-state index is 0.788. The Morgan fingerprint density at radius 2 is 1.36 bits per heavy atom. The summed E-state index contributed by atoms with van der Waals surface area (Å²) >= 11 is 0. The lowest BCUT2D eigenvalue weighted by atomic mass is 10.1. The predicted molar refractivity (Wildman–Crippen MR) is 110 cm³/mol. The van der Waals surface area contributed by atoms with E-state index in [-0.39, 0.29) is 0 Å². The molecule has 1 heteroatoms. The molecule has 0 bridgehead atoms. The van der Waals surface area contributed by atoms with Gasteiger partial charge in [0.25, 0.3) is 0 Å². The minimum Gasteiger partial charge on any atom is -0.256 e. The standard InChI is InChI=1S/C24H23N/c1-18-8-6-7-9-22(5)24(25-15-14-18)23-13-12-19(2)10-11-20(3)16-21(4)17-23/h6-17H,1-2,4-5H2,3H3. The third-order valence-electron chi connectivity index (χ3n) is 3.58. The maximum atomic E-state index is 4.61. The summed E-state index contributed by atoms with van der Waals surface area (Å²) in [4.78, 5) is 4.61. The Balaban J connectivity index is 2.92. The van der Waals surface area contributed by atoms with Crippen molar-refractivity contribution in [3.8, 4) is 11.3 Å². The van der Waals surface area contributed by atoms with Gasteiger partial charge in [0.05, 0.1) is 5.69 Å². The second kappa shape index (κ2) is 8.60. The topological polar surface area (TPSA) is 12.9 Å². The summed E-state index contributed by atoms with van der Waals surface area (Å²) in [6, 6.07) is 21.6. The number of nitrogens with zero attached hydrogens (tertiary/aromatic N) is 1. The van der Waals surface area contributed by atoms with Crippen LogP contribution in [-0.2, 0) is 0 Å². The van der Waals surface area contributed by atoms with Crippen molar-refractivity contribution in [2.45, 2.75) is 6.92 Å². The van der Waals surface area contributed by atoms with Gasteiger partial charge in [-0.05, 0) is 39.9 Å². The van der Waals surface area contributed by atoms with Gasteiger partial charge in [-0.3, -0.25) is 4.98 Å². The van der Waals surface area contributed by atoms with Crippen molar-refractivity contribution in [2.75, 3.05) is 0 Å². The van der Waals surface area contributed by atoms with E-state index in [2.05, 4.69) is 31.3 Å². The molecule has 0 aliphatic carbocycles. The molecule has 0 atom stereocenters. The molecule has 124 valence electrons. The van der Waals surface area contributed by atoms with E-state index in [9.17, 15) is 0 Å². The van der Waals surface area contributed by atoms with Gasteiger partial charge in [-0.1, -0.05) is 86.5 Å². The van der Waals surface area contributed by atoms with Crippen molar-refractivity contribution in [2.24, 2.45) is 0 Å². The van der Waals surface area contributed by atoms with Gasteiger partial charge in [-0.15, -0.1) is 0 Å². The van der Waals surface area contributed by atoms with Crippen LogP contribution in [0.5, 0.6) is 0 Å². The summed E-state index contributed by atoms with van der Waals surface area (Å²) in [5.41, 5.74) is 2.83. The predicted octanol–water partition coefficient (Wildman–Crippen LogP) is 2.95. The molecule has 0 aliphatic rings. The Kier molecular flexibility index (Phi) is 6.25. The Morgan fingerprint density at radius 3 is 2.16 bits per heavy atom. The van der Waals surface area contributed by atoms with E-state index in [0.29, 0.717) is 0 Å². The maximum absolute atomic E-state index is 4.61. The first kappa shape index (κ1) is 18.2. The van der Waals surface area contributed by atoms with Crippen LogP contribution in [0.15, 0.2) is 72.9 Å². The first-order chi connectivity index (χ1) is 12.0. The van der Waals surface area contributed by atoms with Crippen LogP contribution in [0.25, 0.3) is 37.6 Å². The monoisotopic (exact) mass is 325 g/mol. The molecule has 1 nitrogen and oxygen atoms in total. The lowest BCUT2D eigenvalue weighted by Gasteiger charge is -1.98. The lowest BCUT2D eigenvalue weighted by molar-refractivity contribution is 1.32. The van der Waals surface area contributed by atoms with Crippen LogP contribution in [0.3, 0.4) is 0 Å². The fraction of sp³-hybridized carbons (Fsp3) is 0.0417. The average Bonchev–Trinajstić information content (AvgIpc) is 2.56. The van der Waals surface area contributed by atoms with Gasteiger partial charge in [0.15, 0.2) is 0 Å². The van der Waals surface area contributed by atoms with E-state index in [1.807, 2.05) is 73.7 Å². The van der Waals surface area contributed by atoms with E-state index in [0.717, 1.165) is 37.7 Å². The normalized spacial score (nSPS) is 9.64. The van der Waals surface area contributed by atoms with Crippen LogP contribution in [-0.4, -0.2) is 4.98 Å². The molecule has 0 amide bonds. The first-order valence-corrected chi connectivity index (χ1v) is 8.07. The Morgan fingerprint density at radius 1 is 0.680 bits per heavy atom. The highest BCUT2D eigenvalue weighted by atomic mass is 14.7. The highest BCUT2D eigenvalue weighted by Crippen LogP contribution is 2.06. The zero-order chi connectivity index (χ0) is 18.2. The third kappa shape index (κ3) is 5.74. The van der Waals surface area contributed by atoms with Crippen LogP contribution < -0.4 is 20.9 Å². The van der Waals surface area contributed by atoms with Crippen molar-refractivity contribution >= 4 is 26.3 Å². The highest BCUT2D eigenvalue weighted by Gasteiger charge is 1.96. The summed E-state index contributed by atoms with van der Waals surface area (Å²) in [5, 5.41) is 3.53. The minimum atomic E-state index is 0.788. The molecule has 0 radical (unpaired) electrons. The van der Waals surface area contributed by atoms with Gasteiger partial charge in [0.2, 0.25) is 0 Å². The molecule has 0 saturated heterocycles. The number of rotatable bonds is 1. The summed E-state index contributed by atoms with van der Waals surface area (Å²) < 4.78 is 0. The van der Waals surface area contributed by atoms with E-state index in [4.69, 9.17) is 0 Å². The van der Waals surface area contributed by atoms with Crippen LogP contribution in [0.1, 0.15) is 5.56 Å². The van der Waals surface area contributed by atoms with Crippen molar-refractivity contribution in [1.29, 1.82) is 0 Å². The first-order valence-electron chi connectivity index (χ1n) is 8.07. The van der Waals surface area contributed by atoms with Gasteiger partial charge in [0.1, 0.15) is 0 Å². The molecule has 1 aromatic carbocycles. The van der Waals surface area contributed by atoms with Gasteiger partial charge < -0.3 is 0 Å². The quantitative estimate of drug-likeness (QED) is 0.785. The molecular formula is C24H23N. The Hall–Kier alpha value is -3.19. The second-order valence-corrected chi connectivity index (χ2v) is 5.92. The van der Waals surface area contributed by atoms with Crippen molar-refractivity contribution in [1.82, 2.24) is 4.98 Å². The summed E-state index contributed by atoms with van der Waals surface area (Å²) in [6.07, 6.45) is 1.75. The van der Waals surface area contributed by atoms with Crippen molar-refractivity contribution < 1.29 is 0 Å². The summed E-state index contributed by atoms with van der Waals surface area (Å²) in [5.74, 6) is 0. The smallest absolute Gasteiger partial charge is 0.0768 e. The molecule has 2 rings (SSSR count). The van der Waals surface area contributed by atoms with Crippen molar-refractivity contribution in [3.05, 3.63) is 99.4 Å².